The zero-order valence-electron chi connectivity index (χ0n) is 10.9. The molecule has 2 atom stereocenters. The van der Waals surface area contributed by atoms with E-state index in [1.807, 2.05) is 6.92 Å². The van der Waals surface area contributed by atoms with Crippen LogP contribution in [0.25, 0.3) is 0 Å². The van der Waals surface area contributed by atoms with Crippen molar-refractivity contribution in [1.82, 2.24) is 0 Å². The van der Waals surface area contributed by atoms with Gasteiger partial charge >= 0.3 is 0 Å². The fourth-order valence-electron chi connectivity index (χ4n) is 1.99. The molecule has 0 spiro atoms. The molecule has 0 aromatic heterocycles. The Morgan fingerprint density at radius 1 is 1.50 bits per heavy atom. The molecule has 0 bridgehead atoms. The van der Waals surface area contributed by atoms with Crippen LogP contribution in [0.1, 0.15) is 42.1 Å². The summed E-state index contributed by atoms with van der Waals surface area (Å²) < 4.78 is 5.29. The van der Waals surface area contributed by atoms with Gasteiger partial charge in [-0.2, -0.15) is 0 Å². The highest BCUT2D eigenvalue weighted by Crippen LogP contribution is 2.28. The SMILES string of the molecule is CCCC[C@H](O)[C@@](N)(OC)c1ccccc1C=O. The predicted octanol–water partition coefficient (Wildman–Crippen LogP) is 1.81. The van der Waals surface area contributed by atoms with Gasteiger partial charge in [0.05, 0.1) is 0 Å². The second-order valence-electron chi connectivity index (χ2n) is 4.36. The molecule has 4 heteroatoms. The number of carbonyl (C=O) groups is 1. The highest BCUT2D eigenvalue weighted by atomic mass is 16.5. The van der Waals surface area contributed by atoms with Crippen LogP contribution in [0.2, 0.25) is 0 Å². The number of methoxy groups -OCH3 is 1. The van der Waals surface area contributed by atoms with Crippen LogP contribution in [0.4, 0.5) is 0 Å². The van der Waals surface area contributed by atoms with Crippen molar-refractivity contribution in [2.45, 2.75) is 38.0 Å². The standard InChI is InChI=1S/C14H21NO3/c1-3-4-9-13(17)14(15,18-2)12-8-6-5-7-11(12)10-16/h5-8,10,13,17H,3-4,9,15H2,1-2H3/t13-,14-/m0/s1. The highest BCUT2D eigenvalue weighted by molar-refractivity contribution is 5.77. The number of aldehydes is 1. The second-order valence-corrected chi connectivity index (χ2v) is 4.36. The van der Waals surface area contributed by atoms with Crippen LogP contribution in [-0.4, -0.2) is 24.6 Å². The van der Waals surface area contributed by atoms with Crippen molar-refractivity contribution in [2.24, 2.45) is 5.73 Å². The fourth-order valence-corrected chi connectivity index (χ4v) is 1.99. The zero-order chi connectivity index (χ0) is 13.6. The first-order valence-corrected chi connectivity index (χ1v) is 6.17. The van der Waals surface area contributed by atoms with E-state index in [0.717, 1.165) is 19.1 Å². The molecular formula is C14H21NO3. The van der Waals surface area contributed by atoms with E-state index < -0.39 is 11.8 Å². The molecule has 3 N–H and O–H groups in total. The number of unbranched alkanes of at least 4 members (excludes halogenated alkanes) is 1. The molecule has 0 saturated heterocycles. The van der Waals surface area contributed by atoms with E-state index >= 15 is 0 Å². The van der Waals surface area contributed by atoms with Crippen LogP contribution in [-0.2, 0) is 10.5 Å². The topological polar surface area (TPSA) is 72.6 Å². The van der Waals surface area contributed by atoms with Gasteiger partial charge in [0.2, 0.25) is 0 Å². The highest BCUT2D eigenvalue weighted by Gasteiger charge is 2.37. The Kier molecular flexibility index (Phi) is 5.47. The number of aliphatic hydroxyl groups is 1. The Balaban J connectivity index is 3.09. The molecule has 0 heterocycles. The van der Waals surface area contributed by atoms with Crippen LogP contribution in [0.5, 0.6) is 0 Å². The molecule has 1 aromatic carbocycles. The van der Waals surface area contributed by atoms with Crippen molar-refractivity contribution in [3.05, 3.63) is 35.4 Å². The molecule has 4 nitrogen and oxygen atoms in total. The molecule has 0 aliphatic heterocycles. The third-order valence-corrected chi connectivity index (χ3v) is 3.17. The van der Waals surface area contributed by atoms with E-state index in [2.05, 4.69) is 0 Å². The van der Waals surface area contributed by atoms with Gasteiger partial charge in [-0.25, -0.2) is 0 Å². The maximum atomic E-state index is 11.0. The third kappa shape index (κ3) is 2.96. The van der Waals surface area contributed by atoms with Crippen molar-refractivity contribution >= 4 is 6.29 Å². The summed E-state index contributed by atoms with van der Waals surface area (Å²) in [6, 6.07) is 6.90. The summed E-state index contributed by atoms with van der Waals surface area (Å²) in [6.45, 7) is 2.04. The van der Waals surface area contributed by atoms with Gasteiger partial charge in [-0.1, -0.05) is 44.0 Å². The Hall–Kier alpha value is -1.23. The summed E-state index contributed by atoms with van der Waals surface area (Å²) in [5.74, 6) is 0. The summed E-state index contributed by atoms with van der Waals surface area (Å²) >= 11 is 0. The summed E-state index contributed by atoms with van der Waals surface area (Å²) in [4.78, 5) is 11.0. The Morgan fingerprint density at radius 2 is 2.17 bits per heavy atom. The van der Waals surface area contributed by atoms with Crippen molar-refractivity contribution in [1.29, 1.82) is 0 Å². The number of benzene rings is 1. The molecule has 0 aliphatic carbocycles. The third-order valence-electron chi connectivity index (χ3n) is 3.17. The number of hydrogen-bond acceptors (Lipinski definition) is 4. The maximum absolute atomic E-state index is 11.0. The molecule has 0 amide bonds. The van der Waals surface area contributed by atoms with Gasteiger partial charge in [-0.3, -0.25) is 10.5 Å². The maximum Gasteiger partial charge on any atom is 0.169 e. The molecular weight excluding hydrogens is 230 g/mol. The minimum absolute atomic E-state index is 0.442. The summed E-state index contributed by atoms with van der Waals surface area (Å²) in [7, 11) is 1.44. The molecule has 1 rings (SSSR count). The molecule has 0 unspecified atom stereocenters. The van der Waals surface area contributed by atoms with E-state index in [1.54, 1.807) is 24.3 Å². The minimum atomic E-state index is -1.34. The van der Waals surface area contributed by atoms with Crippen LogP contribution in [0.15, 0.2) is 24.3 Å². The van der Waals surface area contributed by atoms with E-state index in [0.29, 0.717) is 17.5 Å². The monoisotopic (exact) mass is 251 g/mol. The minimum Gasteiger partial charge on any atom is -0.388 e. The van der Waals surface area contributed by atoms with E-state index in [1.165, 1.54) is 7.11 Å². The van der Waals surface area contributed by atoms with Crippen LogP contribution in [0.3, 0.4) is 0 Å². The first-order chi connectivity index (χ1) is 8.60. The van der Waals surface area contributed by atoms with Crippen LogP contribution < -0.4 is 5.73 Å². The number of rotatable bonds is 7. The van der Waals surface area contributed by atoms with Crippen LogP contribution in [0, 0.1) is 0 Å². The van der Waals surface area contributed by atoms with Gasteiger partial charge < -0.3 is 9.84 Å². The average molecular weight is 251 g/mol. The number of nitrogens with two attached hydrogens (primary N) is 1. The zero-order valence-corrected chi connectivity index (χ0v) is 10.9. The lowest BCUT2D eigenvalue weighted by Gasteiger charge is -2.34. The van der Waals surface area contributed by atoms with Gasteiger partial charge in [0.15, 0.2) is 5.72 Å². The molecule has 100 valence electrons. The lowest BCUT2D eigenvalue weighted by atomic mass is 9.91. The van der Waals surface area contributed by atoms with E-state index in [-0.39, 0.29) is 0 Å². The van der Waals surface area contributed by atoms with Gasteiger partial charge in [0.25, 0.3) is 0 Å². The molecule has 0 fully saturated rings. The Bertz CT molecular complexity index is 394. The largest absolute Gasteiger partial charge is 0.388 e. The number of ether oxygens (including phenoxy) is 1. The normalized spacial score (nSPS) is 16.0. The smallest absolute Gasteiger partial charge is 0.169 e. The van der Waals surface area contributed by atoms with Crippen molar-refractivity contribution in [2.75, 3.05) is 7.11 Å². The number of aliphatic hydroxyl groups excluding tert-OH is 1. The lowest BCUT2D eigenvalue weighted by Crippen LogP contribution is -2.50. The van der Waals surface area contributed by atoms with Crippen LogP contribution >= 0.6 is 0 Å². The van der Waals surface area contributed by atoms with Gasteiger partial charge in [-0.05, 0) is 6.42 Å². The van der Waals surface area contributed by atoms with Gasteiger partial charge in [0, 0.05) is 18.2 Å². The Labute approximate surface area is 108 Å². The van der Waals surface area contributed by atoms with E-state index in [4.69, 9.17) is 10.5 Å². The van der Waals surface area contributed by atoms with Gasteiger partial charge in [-0.15, -0.1) is 0 Å². The summed E-state index contributed by atoms with van der Waals surface area (Å²) in [5.41, 5.74) is 5.77. The Morgan fingerprint density at radius 3 is 2.72 bits per heavy atom. The molecule has 0 radical (unpaired) electrons. The first kappa shape index (κ1) is 14.8. The molecule has 0 aliphatic rings. The first-order valence-electron chi connectivity index (χ1n) is 6.17. The summed E-state index contributed by atoms with van der Waals surface area (Å²) in [5, 5.41) is 10.2. The lowest BCUT2D eigenvalue weighted by molar-refractivity contribution is -0.108. The van der Waals surface area contributed by atoms with Gasteiger partial charge in [0.1, 0.15) is 12.4 Å². The number of carbonyl (C=O) groups excluding carboxylic acids is 1. The fraction of sp³-hybridized carbons (Fsp3) is 0.500. The average Bonchev–Trinajstić information content (AvgIpc) is 2.43. The summed E-state index contributed by atoms with van der Waals surface area (Å²) in [6.07, 6.45) is 2.23. The predicted molar refractivity (Wildman–Crippen MR) is 70.2 cm³/mol. The van der Waals surface area contributed by atoms with E-state index in [9.17, 15) is 9.90 Å². The van der Waals surface area contributed by atoms with Crippen molar-refractivity contribution in [3.8, 4) is 0 Å². The molecule has 18 heavy (non-hydrogen) atoms. The molecule has 0 saturated carbocycles. The molecule has 1 aromatic rings. The number of hydrogen-bond donors (Lipinski definition) is 2. The van der Waals surface area contributed by atoms with Crippen molar-refractivity contribution < 1.29 is 14.6 Å². The van der Waals surface area contributed by atoms with Crippen molar-refractivity contribution in [3.63, 3.8) is 0 Å². The quantitative estimate of drug-likeness (QED) is 0.572. The second kappa shape index (κ2) is 6.64.